The summed E-state index contributed by atoms with van der Waals surface area (Å²) >= 11 is 0. The van der Waals surface area contributed by atoms with Gasteiger partial charge in [0.1, 0.15) is 12.7 Å². The molecule has 0 aliphatic carbocycles. The fourth-order valence-corrected chi connectivity index (χ4v) is 3.84. The van der Waals surface area contributed by atoms with Gasteiger partial charge in [-0.1, -0.05) is 37.3 Å². The SMILES string of the molecule is CC(Cn1cncn1)NS(=O)(=O)CC(C)c1ccccc1. The Labute approximate surface area is 125 Å². The van der Waals surface area contributed by atoms with Crippen molar-refractivity contribution in [3.8, 4) is 0 Å². The first-order valence-electron chi connectivity index (χ1n) is 6.83. The summed E-state index contributed by atoms with van der Waals surface area (Å²) in [4.78, 5) is 3.83. The zero-order valence-corrected chi connectivity index (χ0v) is 13.0. The summed E-state index contributed by atoms with van der Waals surface area (Å²) in [5, 5.41) is 3.97. The van der Waals surface area contributed by atoms with E-state index >= 15 is 0 Å². The van der Waals surface area contributed by atoms with Gasteiger partial charge >= 0.3 is 0 Å². The van der Waals surface area contributed by atoms with Crippen LogP contribution in [0.1, 0.15) is 25.3 Å². The van der Waals surface area contributed by atoms with Crippen molar-refractivity contribution in [3.05, 3.63) is 48.5 Å². The van der Waals surface area contributed by atoms with E-state index in [4.69, 9.17) is 0 Å². The number of benzene rings is 1. The first-order chi connectivity index (χ1) is 9.96. The van der Waals surface area contributed by atoms with Crippen LogP contribution < -0.4 is 4.72 Å². The fourth-order valence-electron chi connectivity index (χ4n) is 2.21. The second kappa shape index (κ2) is 6.82. The summed E-state index contributed by atoms with van der Waals surface area (Å²) in [5.74, 6) is 0.0147. The highest BCUT2D eigenvalue weighted by Crippen LogP contribution is 2.16. The number of rotatable bonds is 7. The van der Waals surface area contributed by atoms with E-state index in [0.29, 0.717) is 6.54 Å². The zero-order chi connectivity index (χ0) is 15.3. The van der Waals surface area contributed by atoms with Crippen molar-refractivity contribution in [2.75, 3.05) is 5.75 Å². The summed E-state index contributed by atoms with van der Waals surface area (Å²) in [6.07, 6.45) is 3.00. The molecular weight excluding hydrogens is 288 g/mol. The average Bonchev–Trinajstić information content (AvgIpc) is 2.91. The Morgan fingerprint density at radius 2 is 1.95 bits per heavy atom. The molecule has 0 spiro atoms. The van der Waals surface area contributed by atoms with Gasteiger partial charge < -0.3 is 0 Å². The molecule has 114 valence electrons. The van der Waals surface area contributed by atoms with Crippen molar-refractivity contribution >= 4 is 10.0 Å². The van der Waals surface area contributed by atoms with Crippen molar-refractivity contribution in [3.63, 3.8) is 0 Å². The van der Waals surface area contributed by atoms with Crippen LogP contribution >= 0.6 is 0 Å². The second-order valence-electron chi connectivity index (χ2n) is 5.23. The lowest BCUT2D eigenvalue weighted by atomic mass is 10.0. The molecule has 1 aromatic heterocycles. The highest BCUT2D eigenvalue weighted by atomic mass is 32.2. The van der Waals surface area contributed by atoms with E-state index in [2.05, 4.69) is 14.8 Å². The van der Waals surface area contributed by atoms with E-state index in [-0.39, 0.29) is 17.7 Å². The molecule has 0 bridgehead atoms. The third kappa shape index (κ3) is 4.95. The maximum absolute atomic E-state index is 12.2. The largest absolute Gasteiger partial charge is 0.251 e. The van der Waals surface area contributed by atoms with Crippen LogP contribution in [0.3, 0.4) is 0 Å². The fraction of sp³-hybridized carbons (Fsp3) is 0.429. The molecule has 2 unspecified atom stereocenters. The van der Waals surface area contributed by atoms with Gasteiger partial charge in [0, 0.05) is 6.04 Å². The van der Waals surface area contributed by atoms with Gasteiger partial charge in [0.25, 0.3) is 0 Å². The maximum atomic E-state index is 12.2. The number of nitrogens with zero attached hydrogens (tertiary/aromatic N) is 3. The van der Waals surface area contributed by atoms with E-state index < -0.39 is 10.0 Å². The molecule has 2 aromatic rings. The minimum atomic E-state index is -3.34. The average molecular weight is 308 g/mol. The molecule has 1 aromatic carbocycles. The maximum Gasteiger partial charge on any atom is 0.212 e. The third-order valence-corrected chi connectivity index (χ3v) is 4.85. The molecule has 7 heteroatoms. The molecule has 0 aliphatic rings. The van der Waals surface area contributed by atoms with Gasteiger partial charge in [-0.15, -0.1) is 0 Å². The zero-order valence-electron chi connectivity index (χ0n) is 12.2. The minimum Gasteiger partial charge on any atom is -0.251 e. The number of aromatic nitrogens is 3. The summed E-state index contributed by atoms with van der Waals surface area (Å²) < 4.78 is 28.7. The van der Waals surface area contributed by atoms with E-state index in [1.54, 1.807) is 11.0 Å². The van der Waals surface area contributed by atoms with Gasteiger partial charge in [-0.05, 0) is 18.4 Å². The van der Waals surface area contributed by atoms with E-state index in [9.17, 15) is 8.42 Å². The van der Waals surface area contributed by atoms with Crippen LogP contribution in [0.15, 0.2) is 43.0 Å². The molecule has 0 radical (unpaired) electrons. The van der Waals surface area contributed by atoms with Gasteiger partial charge in [0.05, 0.1) is 12.3 Å². The monoisotopic (exact) mass is 308 g/mol. The molecule has 0 saturated heterocycles. The lowest BCUT2D eigenvalue weighted by molar-refractivity contribution is 0.491. The molecule has 6 nitrogen and oxygen atoms in total. The van der Waals surface area contributed by atoms with Gasteiger partial charge in [-0.25, -0.2) is 18.1 Å². The molecule has 2 rings (SSSR count). The first kappa shape index (κ1) is 15.7. The summed E-state index contributed by atoms with van der Waals surface area (Å²) in [5.41, 5.74) is 1.02. The quantitative estimate of drug-likeness (QED) is 0.838. The van der Waals surface area contributed by atoms with Crippen LogP contribution in [0.5, 0.6) is 0 Å². The smallest absolute Gasteiger partial charge is 0.212 e. The molecule has 21 heavy (non-hydrogen) atoms. The Hall–Kier alpha value is -1.73. The van der Waals surface area contributed by atoms with Gasteiger partial charge in [0.2, 0.25) is 10.0 Å². The van der Waals surface area contributed by atoms with Gasteiger partial charge in [-0.2, -0.15) is 5.10 Å². The molecule has 0 aliphatic heterocycles. The highest BCUT2D eigenvalue weighted by molar-refractivity contribution is 7.89. The van der Waals surface area contributed by atoms with Crippen LogP contribution in [0.4, 0.5) is 0 Å². The molecule has 2 atom stereocenters. The van der Waals surface area contributed by atoms with Crippen molar-refractivity contribution in [1.29, 1.82) is 0 Å². The molecule has 0 fully saturated rings. The molecule has 0 amide bonds. The Balaban J connectivity index is 1.92. The van der Waals surface area contributed by atoms with E-state index in [1.807, 2.05) is 44.2 Å². The van der Waals surface area contributed by atoms with Crippen LogP contribution in [0.2, 0.25) is 0 Å². The minimum absolute atomic E-state index is 0.0535. The van der Waals surface area contributed by atoms with Gasteiger partial charge in [0.15, 0.2) is 0 Å². The Kier molecular flexibility index (Phi) is 5.08. The Morgan fingerprint density at radius 1 is 1.24 bits per heavy atom. The lowest BCUT2D eigenvalue weighted by Crippen LogP contribution is -2.38. The molecular formula is C14H20N4O2S. The van der Waals surface area contributed by atoms with Crippen molar-refractivity contribution < 1.29 is 8.42 Å². The number of hydrogen-bond donors (Lipinski definition) is 1. The second-order valence-corrected chi connectivity index (χ2v) is 7.03. The van der Waals surface area contributed by atoms with Crippen LogP contribution in [-0.4, -0.2) is 35.0 Å². The third-order valence-electron chi connectivity index (χ3n) is 3.15. The molecule has 0 saturated carbocycles. The van der Waals surface area contributed by atoms with Crippen molar-refractivity contribution in [1.82, 2.24) is 19.5 Å². The highest BCUT2D eigenvalue weighted by Gasteiger charge is 2.19. The lowest BCUT2D eigenvalue weighted by Gasteiger charge is -2.17. The Bertz CT molecular complexity index is 641. The summed E-state index contributed by atoms with van der Waals surface area (Å²) in [6, 6.07) is 9.40. The van der Waals surface area contributed by atoms with Crippen LogP contribution in [0, 0.1) is 0 Å². The number of nitrogens with one attached hydrogen (secondary N) is 1. The summed E-state index contributed by atoms with van der Waals surface area (Å²) in [7, 11) is -3.34. The normalized spacial score (nSPS) is 14.8. The van der Waals surface area contributed by atoms with Crippen LogP contribution in [-0.2, 0) is 16.6 Å². The first-order valence-corrected chi connectivity index (χ1v) is 8.49. The number of sulfonamides is 1. The number of hydrogen-bond acceptors (Lipinski definition) is 4. The topological polar surface area (TPSA) is 76.9 Å². The van der Waals surface area contributed by atoms with Gasteiger partial charge in [-0.3, -0.25) is 4.68 Å². The molecule has 1 heterocycles. The van der Waals surface area contributed by atoms with E-state index in [0.717, 1.165) is 5.56 Å². The predicted molar refractivity (Wildman–Crippen MR) is 81.3 cm³/mol. The van der Waals surface area contributed by atoms with Crippen molar-refractivity contribution in [2.45, 2.75) is 32.4 Å². The van der Waals surface area contributed by atoms with Crippen molar-refractivity contribution in [2.24, 2.45) is 0 Å². The standard InChI is InChI=1S/C14H20N4O2S/c1-12(14-6-4-3-5-7-14)9-21(19,20)17-13(2)8-18-11-15-10-16-18/h3-7,10-13,17H,8-9H2,1-2H3. The Morgan fingerprint density at radius 3 is 2.57 bits per heavy atom. The molecule has 1 N–H and O–H groups in total. The predicted octanol–water partition coefficient (Wildman–Crippen LogP) is 1.39. The van der Waals surface area contributed by atoms with Crippen LogP contribution in [0.25, 0.3) is 0 Å². The van der Waals surface area contributed by atoms with E-state index in [1.165, 1.54) is 6.33 Å². The summed E-state index contributed by atoms with van der Waals surface area (Å²) in [6.45, 7) is 4.18.